The average Bonchev–Trinajstić information content (AvgIpc) is 2.74. The SMILES string of the molecule is C/C=C/C(=O)C1C(C)(C)CCC2OC21C. The molecule has 0 aromatic heterocycles. The second kappa shape index (κ2) is 3.18. The first kappa shape index (κ1) is 10.9. The Balaban J connectivity index is 2.28. The fourth-order valence-electron chi connectivity index (χ4n) is 3.22. The van der Waals surface area contributed by atoms with Crippen LogP contribution >= 0.6 is 0 Å². The van der Waals surface area contributed by atoms with Crippen LogP contribution in [0.25, 0.3) is 0 Å². The lowest BCUT2D eigenvalue weighted by molar-refractivity contribution is -0.125. The third-order valence-corrected chi connectivity index (χ3v) is 4.00. The molecule has 0 amide bonds. The molecule has 1 saturated heterocycles. The number of ketones is 1. The molecule has 1 aliphatic heterocycles. The highest BCUT2D eigenvalue weighted by Crippen LogP contribution is 2.58. The third kappa shape index (κ3) is 1.55. The first-order valence-electron chi connectivity index (χ1n) is 5.76. The van der Waals surface area contributed by atoms with E-state index in [-0.39, 0.29) is 22.7 Å². The Kier molecular flexibility index (Phi) is 2.30. The molecule has 1 heterocycles. The quantitative estimate of drug-likeness (QED) is 0.516. The van der Waals surface area contributed by atoms with E-state index in [1.165, 1.54) is 0 Å². The molecular weight excluding hydrogens is 188 g/mol. The maximum atomic E-state index is 12.1. The molecule has 3 unspecified atom stereocenters. The van der Waals surface area contributed by atoms with Gasteiger partial charge in [-0.15, -0.1) is 0 Å². The number of hydrogen-bond donors (Lipinski definition) is 0. The summed E-state index contributed by atoms with van der Waals surface area (Å²) < 4.78 is 5.73. The van der Waals surface area contributed by atoms with Crippen molar-refractivity contribution in [2.45, 2.75) is 52.2 Å². The molecule has 2 aliphatic rings. The lowest BCUT2D eigenvalue weighted by Gasteiger charge is -2.38. The Morgan fingerprint density at radius 1 is 1.40 bits per heavy atom. The van der Waals surface area contributed by atoms with Gasteiger partial charge < -0.3 is 4.74 Å². The van der Waals surface area contributed by atoms with Crippen LogP contribution < -0.4 is 0 Å². The molecular formula is C13H20O2. The Hall–Kier alpha value is -0.630. The normalized spacial score (nSPS) is 42.7. The van der Waals surface area contributed by atoms with Crippen LogP contribution in [0.3, 0.4) is 0 Å². The van der Waals surface area contributed by atoms with Crippen molar-refractivity contribution in [3.8, 4) is 0 Å². The molecule has 0 aromatic rings. The largest absolute Gasteiger partial charge is 0.366 e. The summed E-state index contributed by atoms with van der Waals surface area (Å²) >= 11 is 0. The van der Waals surface area contributed by atoms with Crippen LogP contribution in [0.4, 0.5) is 0 Å². The molecule has 0 bridgehead atoms. The number of carbonyl (C=O) groups is 1. The van der Waals surface area contributed by atoms with Crippen molar-refractivity contribution < 1.29 is 9.53 Å². The molecule has 2 heteroatoms. The number of ether oxygens (including phenoxy) is 1. The number of fused-ring (bicyclic) bond motifs is 1. The van der Waals surface area contributed by atoms with E-state index < -0.39 is 0 Å². The van der Waals surface area contributed by atoms with E-state index in [1.54, 1.807) is 6.08 Å². The number of hydrogen-bond acceptors (Lipinski definition) is 2. The van der Waals surface area contributed by atoms with Gasteiger partial charge in [0.2, 0.25) is 0 Å². The van der Waals surface area contributed by atoms with Gasteiger partial charge in [0.25, 0.3) is 0 Å². The minimum Gasteiger partial charge on any atom is -0.366 e. The molecule has 3 atom stereocenters. The van der Waals surface area contributed by atoms with Crippen molar-refractivity contribution >= 4 is 5.78 Å². The maximum absolute atomic E-state index is 12.1. The van der Waals surface area contributed by atoms with E-state index in [0.29, 0.717) is 6.10 Å². The smallest absolute Gasteiger partial charge is 0.161 e. The van der Waals surface area contributed by atoms with E-state index in [0.717, 1.165) is 12.8 Å². The minimum absolute atomic E-state index is 0.0277. The van der Waals surface area contributed by atoms with E-state index in [1.807, 2.05) is 13.0 Å². The van der Waals surface area contributed by atoms with E-state index in [2.05, 4.69) is 20.8 Å². The van der Waals surface area contributed by atoms with E-state index >= 15 is 0 Å². The first-order valence-corrected chi connectivity index (χ1v) is 5.76. The Labute approximate surface area is 91.7 Å². The van der Waals surface area contributed by atoms with Crippen molar-refractivity contribution in [3.63, 3.8) is 0 Å². The van der Waals surface area contributed by atoms with Crippen LogP contribution in [-0.2, 0) is 9.53 Å². The molecule has 1 saturated carbocycles. The van der Waals surface area contributed by atoms with Crippen molar-refractivity contribution in [1.82, 2.24) is 0 Å². The van der Waals surface area contributed by atoms with Crippen molar-refractivity contribution in [2.24, 2.45) is 11.3 Å². The van der Waals surface area contributed by atoms with Gasteiger partial charge in [0, 0.05) is 0 Å². The summed E-state index contributed by atoms with van der Waals surface area (Å²) in [6, 6.07) is 0. The summed E-state index contributed by atoms with van der Waals surface area (Å²) in [6.07, 6.45) is 6.03. The monoisotopic (exact) mass is 208 g/mol. The average molecular weight is 208 g/mol. The second-order valence-corrected chi connectivity index (χ2v) is 5.65. The van der Waals surface area contributed by atoms with E-state index in [9.17, 15) is 4.79 Å². The van der Waals surface area contributed by atoms with Gasteiger partial charge in [0.15, 0.2) is 5.78 Å². The first-order chi connectivity index (χ1) is 6.92. The summed E-state index contributed by atoms with van der Waals surface area (Å²) in [7, 11) is 0. The Morgan fingerprint density at radius 3 is 2.67 bits per heavy atom. The maximum Gasteiger partial charge on any atom is 0.161 e. The van der Waals surface area contributed by atoms with E-state index in [4.69, 9.17) is 4.74 Å². The van der Waals surface area contributed by atoms with Crippen LogP contribution in [0, 0.1) is 11.3 Å². The molecule has 2 rings (SSSR count). The number of rotatable bonds is 2. The van der Waals surface area contributed by atoms with Gasteiger partial charge in [0.05, 0.1) is 12.0 Å². The summed E-state index contributed by atoms with van der Waals surface area (Å²) in [5.74, 6) is 0.257. The number of allylic oxidation sites excluding steroid dienone is 2. The topological polar surface area (TPSA) is 29.6 Å². The van der Waals surface area contributed by atoms with Gasteiger partial charge in [-0.3, -0.25) is 4.79 Å². The van der Waals surface area contributed by atoms with Crippen LogP contribution in [0.15, 0.2) is 12.2 Å². The Morgan fingerprint density at radius 2 is 2.07 bits per heavy atom. The molecule has 2 nitrogen and oxygen atoms in total. The molecule has 2 fully saturated rings. The second-order valence-electron chi connectivity index (χ2n) is 5.65. The predicted octanol–water partition coefficient (Wildman–Crippen LogP) is 2.73. The molecule has 1 aliphatic carbocycles. The van der Waals surface area contributed by atoms with Gasteiger partial charge in [-0.1, -0.05) is 19.9 Å². The zero-order valence-corrected chi connectivity index (χ0v) is 10.0. The standard InChI is InChI=1S/C13H20O2/c1-5-6-9(14)11-12(2,3)8-7-10-13(11,4)15-10/h5-6,10-11H,7-8H2,1-4H3/b6-5+. The predicted molar refractivity (Wildman–Crippen MR) is 59.6 cm³/mol. The van der Waals surface area contributed by atoms with Crippen LogP contribution in [0.2, 0.25) is 0 Å². The van der Waals surface area contributed by atoms with Crippen molar-refractivity contribution in [2.75, 3.05) is 0 Å². The van der Waals surface area contributed by atoms with Gasteiger partial charge in [0.1, 0.15) is 5.60 Å². The molecule has 15 heavy (non-hydrogen) atoms. The molecule has 0 N–H and O–H groups in total. The van der Waals surface area contributed by atoms with Crippen molar-refractivity contribution in [3.05, 3.63) is 12.2 Å². The fraction of sp³-hybridized carbons (Fsp3) is 0.769. The zero-order valence-electron chi connectivity index (χ0n) is 10.0. The van der Waals surface area contributed by atoms with Gasteiger partial charge in [-0.2, -0.15) is 0 Å². The van der Waals surface area contributed by atoms with Crippen molar-refractivity contribution in [1.29, 1.82) is 0 Å². The highest BCUT2D eigenvalue weighted by Gasteiger charge is 2.65. The molecule has 0 aromatic carbocycles. The fourth-order valence-corrected chi connectivity index (χ4v) is 3.22. The van der Waals surface area contributed by atoms with Crippen LogP contribution in [0.1, 0.15) is 40.5 Å². The number of carbonyl (C=O) groups excluding carboxylic acids is 1. The van der Waals surface area contributed by atoms with Crippen LogP contribution in [0.5, 0.6) is 0 Å². The van der Waals surface area contributed by atoms with Gasteiger partial charge >= 0.3 is 0 Å². The summed E-state index contributed by atoms with van der Waals surface area (Å²) in [5, 5.41) is 0. The van der Waals surface area contributed by atoms with Crippen LogP contribution in [-0.4, -0.2) is 17.5 Å². The third-order valence-electron chi connectivity index (χ3n) is 4.00. The lowest BCUT2D eigenvalue weighted by atomic mass is 9.62. The highest BCUT2D eigenvalue weighted by molar-refractivity contribution is 5.93. The molecule has 0 spiro atoms. The summed E-state index contributed by atoms with van der Waals surface area (Å²) in [6.45, 7) is 8.34. The van der Waals surface area contributed by atoms with Gasteiger partial charge in [-0.25, -0.2) is 0 Å². The molecule has 0 radical (unpaired) electrons. The lowest BCUT2D eigenvalue weighted by Crippen LogP contribution is -2.44. The molecule has 84 valence electrons. The Bertz CT molecular complexity index is 312. The minimum atomic E-state index is -0.182. The van der Waals surface area contributed by atoms with Gasteiger partial charge in [-0.05, 0) is 38.2 Å². The summed E-state index contributed by atoms with van der Waals surface area (Å²) in [4.78, 5) is 12.1. The zero-order chi connectivity index (χ0) is 11.3. The highest BCUT2D eigenvalue weighted by atomic mass is 16.6. The number of epoxide rings is 1. The summed E-state index contributed by atoms with van der Waals surface area (Å²) in [5.41, 5.74) is -0.114.